The second-order valence-electron chi connectivity index (χ2n) is 4.85. The molecule has 2 rings (SSSR count). The van der Waals surface area contributed by atoms with Gasteiger partial charge in [0.25, 0.3) is 0 Å². The highest BCUT2D eigenvalue weighted by Crippen LogP contribution is 2.39. The lowest BCUT2D eigenvalue weighted by molar-refractivity contribution is -0.142. The van der Waals surface area contributed by atoms with Crippen molar-refractivity contribution in [2.45, 2.75) is 24.6 Å². The van der Waals surface area contributed by atoms with Gasteiger partial charge in [0.05, 0.1) is 17.5 Å². The predicted octanol–water partition coefficient (Wildman–Crippen LogP) is 2.88. The Balaban J connectivity index is 2.20. The zero-order valence-corrected chi connectivity index (χ0v) is 12.9. The summed E-state index contributed by atoms with van der Waals surface area (Å²) in [5.74, 6) is -0.347. The molecule has 7 heteroatoms. The number of halogens is 1. The third-order valence-corrected chi connectivity index (χ3v) is 4.28. The average Bonchev–Trinajstić information content (AvgIpc) is 2.67. The van der Waals surface area contributed by atoms with Crippen LogP contribution in [0.2, 0.25) is 5.02 Å². The van der Waals surface area contributed by atoms with Gasteiger partial charge in [-0.15, -0.1) is 0 Å². The maximum atomic E-state index is 11.7. The van der Waals surface area contributed by atoms with Gasteiger partial charge < -0.3 is 15.2 Å². The van der Waals surface area contributed by atoms with Gasteiger partial charge in [-0.2, -0.15) is 0 Å². The first-order valence-electron chi connectivity index (χ1n) is 5.93. The second kappa shape index (κ2) is 5.54. The van der Waals surface area contributed by atoms with Crippen LogP contribution in [0.5, 0.6) is 5.75 Å². The van der Waals surface area contributed by atoms with Gasteiger partial charge in [-0.3, -0.25) is 0 Å². The summed E-state index contributed by atoms with van der Waals surface area (Å²) in [5, 5.41) is 13.8. The lowest BCUT2D eigenvalue weighted by atomic mass is 10.0. The summed E-state index contributed by atoms with van der Waals surface area (Å²) in [6.07, 6.45) is 0. The number of thioether (sulfide) groups is 1. The van der Waals surface area contributed by atoms with E-state index in [1.54, 1.807) is 12.1 Å². The van der Waals surface area contributed by atoms with E-state index in [9.17, 15) is 9.90 Å². The number of hydrogen-bond acceptors (Lipinski definition) is 6. The number of benzene rings is 1. The van der Waals surface area contributed by atoms with E-state index in [4.69, 9.17) is 16.3 Å². The van der Waals surface area contributed by atoms with Crippen molar-refractivity contribution in [3.63, 3.8) is 0 Å². The van der Waals surface area contributed by atoms with Gasteiger partial charge in [-0.1, -0.05) is 23.4 Å². The molecule has 108 valence electrons. The number of carbonyl (C=O) groups excluding carboxylic acids is 1. The number of amidine groups is 1. The molecule has 2 N–H and O–H groups in total. The number of aromatic hydroxyl groups is 1. The fraction of sp³-hybridized carbons (Fsp3) is 0.385. The predicted molar refractivity (Wildman–Crippen MR) is 81.6 cm³/mol. The van der Waals surface area contributed by atoms with Crippen LogP contribution >= 0.6 is 23.4 Å². The lowest BCUT2D eigenvalue weighted by Crippen LogP contribution is -2.35. The van der Waals surface area contributed by atoms with Gasteiger partial charge in [0, 0.05) is 11.1 Å². The minimum absolute atomic E-state index is 0.0279. The highest BCUT2D eigenvalue weighted by molar-refractivity contribution is 8.15. The molecule has 1 aromatic carbocycles. The normalized spacial score (nSPS) is 20.4. The third kappa shape index (κ3) is 3.02. The molecule has 20 heavy (non-hydrogen) atoms. The van der Waals surface area contributed by atoms with Crippen LogP contribution in [0, 0.1) is 0 Å². The fourth-order valence-electron chi connectivity index (χ4n) is 1.84. The van der Waals surface area contributed by atoms with Crippen LogP contribution < -0.4 is 5.32 Å². The molecule has 0 amide bonds. The number of phenolic OH excluding ortho intramolecular Hbond substituents is 1. The first-order valence-corrected chi connectivity index (χ1v) is 7.13. The van der Waals surface area contributed by atoms with Crippen molar-refractivity contribution in [3.8, 4) is 5.75 Å². The number of esters is 1. The highest BCUT2D eigenvalue weighted by Gasteiger charge is 2.43. The van der Waals surface area contributed by atoms with Crippen molar-refractivity contribution in [1.29, 1.82) is 0 Å². The van der Waals surface area contributed by atoms with Crippen molar-refractivity contribution in [3.05, 3.63) is 23.2 Å². The Hall–Kier alpha value is -1.40. The molecule has 0 fully saturated rings. The minimum atomic E-state index is -0.575. The molecule has 0 spiro atoms. The van der Waals surface area contributed by atoms with Crippen LogP contribution in [0.25, 0.3) is 0 Å². The van der Waals surface area contributed by atoms with E-state index in [0.717, 1.165) is 0 Å². The van der Waals surface area contributed by atoms with E-state index >= 15 is 0 Å². The summed E-state index contributed by atoms with van der Waals surface area (Å²) in [4.78, 5) is 16.0. The zero-order chi connectivity index (χ0) is 14.9. The summed E-state index contributed by atoms with van der Waals surface area (Å²) >= 11 is 7.20. The van der Waals surface area contributed by atoms with Crippen LogP contribution in [-0.2, 0) is 9.53 Å². The molecule has 0 radical (unpaired) electrons. The summed E-state index contributed by atoms with van der Waals surface area (Å²) in [6.45, 7) is 3.83. The van der Waals surface area contributed by atoms with Crippen molar-refractivity contribution >= 4 is 40.2 Å². The molecule has 1 atom stereocenters. The number of ether oxygens (including phenoxy) is 1. The van der Waals surface area contributed by atoms with E-state index < -0.39 is 10.8 Å². The number of carbonyl (C=O) groups is 1. The molecule has 1 aliphatic heterocycles. The standard InChI is InChI=1S/C13H15ClN2O3S/c1-13(2)10(11(18)19-3)16-12(20-13)15-8-5-4-7(14)6-9(8)17/h4-6,10,17H,1-3H3,(H,15,16). The van der Waals surface area contributed by atoms with E-state index in [-0.39, 0.29) is 11.7 Å². The number of anilines is 1. The Labute approximate surface area is 126 Å². The molecule has 0 bridgehead atoms. The Kier molecular flexibility index (Phi) is 4.15. The van der Waals surface area contributed by atoms with Gasteiger partial charge in [0.15, 0.2) is 11.2 Å². The van der Waals surface area contributed by atoms with Crippen molar-refractivity contribution in [2.75, 3.05) is 12.4 Å². The number of nitrogens with one attached hydrogen (secondary N) is 1. The van der Waals surface area contributed by atoms with Gasteiger partial charge >= 0.3 is 5.97 Å². The Bertz CT molecular complexity index is 575. The Morgan fingerprint density at radius 2 is 2.25 bits per heavy atom. The molecule has 0 saturated heterocycles. The second-order valence-corrected chi connectivity index (χ2v) is 6.93. The van der Waals surface area contributed by atoms with Gasteiger partial charge in [0.2, 0.25) is 0 Å². The average molecular weight is 315 g/mol. The molecule has 0 saturated carbocycles. The summed E-state index contributed by atoms with van der Waals surface area (Å²) in [7, 11) is 1.34. The number of rotatable bonds is 2. The molecule has 1 aliphatic rings. The maximum Gasteiger partial charge on any atom is 0.332 e. The largest absolute Gasteiger partial charge is 0.506 e. The number of phenols is 1. The van der Waals surface area contributed by atoms with Gasteiger partial charge in [-0.25, -0.2) is 9.79 Å². The van der Waals surface area contributed by atoms with Crippen LogP contribution in [-0.4, -0.2) is 34.1 Å². The molecular formula is C13H15ClN2O3S. The lowest BCUT2D eigenvalue weighted by Gasteiger charge is -2.21. The molecule has 1 heterocycles. The number of hydrogen-bond donors (Lipinski definition) is 2. The van der Waals surface area contributed by atoms with Gasteiger partial charge in [-0.05, 0) is 26.0 Å². The SMILES string of the molecule is COC(=O)C1N=C(Nc2ccc(Cl)cc2O)SC1(C)C. The van der Waals surface area contributed by atoms with Crippen molar-refractivity contribution < 1.29 is 14.6 Å². The molecule has 0 aromatic heterocycles. The minimum Gasteiger partial charge on any atom is -0.506 e. The molecule has 1 unspecified atom stereocenters. The monoisotopic (exact) mass is 314 g/mol. The molecule has 1 aromatic rings. The summed E-state index contributed by atoms with van der Waals surface area (Å²) in [6, 6.07) is 4.17. The topological polar surface area (TPSA) is 70.9 Å². The third-order valence-electron chi connectivity index (χ3n) is 2.89. The zero-order valence-electron chi connectivity index (χ0n) is 11.3. The van der Waals surface area contributed by atoms with Crippen LogP contribution in [0.3, 0.4) is 0 Å². The number of methoxy groups -OCH3 is 1. The molecule has 5 nitrogen and oxygen atoms in total. The van der Waals surface area contributed by atoms with E-state index in [0.29, 0.717) is 15.9 Å². The van der Waals surface area contributed by atoms with Crippen LogP contribution in [0.4, 0.5) is 5.69 Å². The summed E-state index contributed by atoms with van der Waals surface area (Å²) < 4.78 is 4.35. The van der Waals surface area contributed by atoms with Crippen molar-refractivity contribution in [2.24, 2.45) is 4.99 Å². The maximum absolute atomic E-state index is 11.7. The smallest absolute Gasteiger partial charge is 0.332 e. The van der Waals surface area contributed by atoms with Gasteiger partial charge in [0.1, 0.15) is 5.75 Å². The molecule has 0 aliphatic carbocycles. The van der Waals surface area contributed by atoms with Crippen LogP contribution in [0.15, 0.2) is 23.2 Å². The van der Waals surface area contributed by atoms with E-state index in [1.165, 1.54) is 24.9 Å². The van der Waals surface area contributed by atoms with Crippen molar-refractivity contribution in [1.82, 2.24) is 0 Å². The Morgan fingerprint density at radius 1 is 1.55 bits per heavy atom. The first kappa shape index (κ1) is 15.0. The number of nitrogens with zero attached hydrogens (tertiary/aromatic N) is 1. The fourth-order valence-corrected chi connectivity index (χ4v) is 3.08. The quantitative estimate of drug-likeness (QED) is 0.649. The summed E-state index contributed by atoms with van der Waals surface area (Å²) in [5.41, 5.74) is 0.488. The number of aliphatic imine (C=N–C) groups is 1. The Morgan fingerprint density at radius 3 is 2.85 bits per heavy atom. The first-order chi connectivity index (χ1) is 9.33. The van der Waals surface area contributed by atoms with Crippen LogP contribution in [0.1, 0.15) is 13.8 Å². The highest BCUT2D eigenvalue weighted by atomic mass is 35.5. The van der Waals surface area contributed by atoms with E-state index in [1.807, 2.05) is 13.8 Å². The van der Waals surface area contributed by atoms with E-state index in [2.05, 4.69) is 10.3 Å². The molecular weight excluding hydrogens is 300 g/mol.